The molecular formula is C29H21ClN2O4. The highest BCUT2D eigenvalue weighted by Crippen LogP contribution is 2.33. The Labute approximate surface area is 212 Å². The molecular weight excluding hydrogens is 476 g/mol. The van der Waals surface area contributed by atoms with Gasteiger partial charge in [0.25, 0.3) is 5.91 Å². The number of fused-ring (bicyclic) bond motifs is 1. The number of nitrogens with zero attached hydrogens (tertiary/aromatic N) is 1. The molecule has 0 aliphatic rings. The van der Waals surface area contributed by atoms with Crippen molar-refractivity contribution >= 4 is 40.1 Å². The van der Waals surface area contributed by atoms with E-state index in [1.54, 1.807) is 43.3 Å². The Morgan fingerprint density at radius 3 is 2.42 bits per heavy atom. The molecule has 0 aliphatic carbocycles. The van der Waals surface area contributed by atoms with Crippen LogP contribution in [0.25, 0.3) is 33.7 Å². The number of anilines is 1. The van der Waals surface area contributed by atoms with Gasteiger partial charge in [0.05, 0.1) is 28.3 Å². The molecule has 0 aliphatic heterocycles. The lowest BCUT2D eigenvalue weighted by molar-refractivity contribution is 0.0526. The molecule has 2 aromatic heterocycles. The summed E-state index contributed by atoms with van der Waals surface area (Å²) in [6, 6.07) is 26.8. The number of esters is 1. The standard InChI is InChI=1S/C29H21ClN2O4/c1-2-35-29(34)18-11-13-19(14-12-18)31-28(33)22-17-25(32-24-10-6-4-7-20(22)24)27-16-15-26(36-27)21-8-3-5-9-23(21)30/h3-17H,2H2,1H3,(H,31,33). The van der Waals surface area contributed by atoms with Gasteiger partial charge in [-0.25, -0.2) is 9.78 Å². The molecule has 6 nitrogen and oxygen atoms in total. The molecule has 178 valence electrons. The second-order valence-corrected chi connectivity index (χ2v) is 8.38. The first-order chi connectivity index (χ1) is 17.5. The van der Waals surface area contributed by atoms with E-state index in [9.17, 15) is 9.59 Å². The van der Waals surface area contributed by atoms with Crippen LogP contribution in [0.5, 0.6) is 0 Å². The van der Waals surface area contributed by atoms with Crippen molar-refractivity contribution in [3.63, 3.8) is 0 Å². The van der Waals surface area contributed by atoms with Gasteiger partial charge < -0.3 is 14.5 Å². The van der Waals surface area contributed by atoms with Crippen LogP contribution in [0.4, 0.5) is 5.69 Å². The molecule has 1 amide bonds. The first kappa shape index (κ1) is 23.3. The average Bonchev–Trinajstić information content (AvgIpc) is 3.39. The first-order valence-corrected chi connectivity index (χ1v) is 11.7. The Balaban J connectivity index is 1.48. The molecule has 1 N–H and O–H groups in total. The number of hydrogen-bond donors (Lipinski definition) is 1. The molecule has 5 rings (SSSR count). The van der Waals surface area contributed by atoms with Crippen molar-refractivity contribution in [2.24, 2.45) is 0 Å². The number of aromatic nitrogens is 1. The summed E-state index contributed by atoms with van der Waals surface area (Å²) in [5.41, 5.74) is 3.37. The van der Waals surface area contributed by atoms with Crippen LogP contribution in [-0.2, 0) is 4.74 Å². The molecule has 0 spiro atoms. The third-order valence-corrected chi connectivity index (χ3v) is 5.94. The minimum absolute atomic E-state index is 0.296. The largest absolute Gasteiger partial charge is 0.462 e. The Morgan fingerprint density at radius 2 is 1.64 bits per heavy atom. The predicted molar refractivity (Wildman–Crippen MR) is 140 cm³/mol. The summed E-state index contributed by atoms with van der Waals surface area (Å²) < 4.78 is 11.1. The van der Waals surface area contributed by atoms with E-state index in [0.717, 1.165) is 5.56 Å². The van der Waals surface area contributed by atoms with Gasteiger partial charge in [0.15, 0.2) is 5.76 Å². The van der Waals surface area contributed by atoms with Crippen molar-refractivity contribution in [3.05, 3.63) is 107 Å². The number of rotatable bonds is 6. The Morgan fingerprint density at radius 1 is 0.917 bits per heavy atom. The van der Waals surface area contributed by atoms with Gasteiger partial charge in [0.1, 0.15) is 11.5 Å². The van der Waals surface area contributed by atoms with Gasteiger partial charge in [-0.05, 0) is 67.6 Å². The highest BCUT2D eigenvalue weighted by Gasteiger charge is 2.17. The number of ether oxygens (including phenoxy) is 1. The minimum Gasteiger partial charge on any atom is -0.462 e. The van der Waals surface area contributed by atoms with Crippen LogP contribution >= 0.6 is 11.6 Å². The van der Waals surface area contributed by atoms with Crippen LogP contribution in [0.15, 0.2) is 95.4 Å². The van der Waals surface area contributed by atoms with Gasteiger partial charge in [0, 0.05) is 16.6 Å². The second kappa shape index (κ2) is 10.1. The topological polar surface area (TPSA) is 81.4 Å². The number of benzene rings is 3. The second-order valence-electron chi connectivity index (χ2n) is 7.97. The van der Waals surface area contributed by atoms with Crippen molar-refractivity contribution in [2.45, 2.75) is 6.92 Å². The highest BCUT2D eigenvalue weighted by atomic mass is 35.5. The zero-order valence-electron chi connectivity index (χ0n) is 19.3. The lowest BCUT2D eigenvalue weighted by Crippen LogP contribution is -2.13. The molecule has 0 radical (unpaired) electrons. The van der Waals surface area contributed by atoms with Crippen LogP contribution < -0.4 is 5.32 Å². The zero-order chi connectivity index (χ0) is 25.1. The first-order valence-electron chi connectivity index (χ1n) is 11.4. The normalized spacial score (nSPS) is 10.8. The lowest BCUT2D eigenvalue weighted by atomic mass is 10.1. The van der Waals surface area contributed by atoms with Crippen LogP contribution in [0.3, 0.4) is 0 Å². The third kappa shape index (κ3) is 4.72. The Kier molecular flexibility index (Phi) is 6.52. The summed E-state index contributed by atoms with van der Waals surface area (Å²) in [6.07, 6.45) is 0. The van der Waals surface area contributed by atoms with Crippen LogP contribution in [0.2, 0.25) is 5.02 Å². The van der Waals surface area contributed by atoms with Crippen molar-refractivity contribution in [2.75, 3.05) is 11.9 Å². The molecule has 0 fully saturated rings. The zero-order valence-corrected chi connectivity index (χ0v) is 20.1. The number of pyridine rings is 1. The van der Waals surface area contributed by atoms with Gasteiger partial charge in [-0.1, -0.05) is 41.9 Å². The predicted octanol–water partition coefficient (Wildman–Crippen LogP) is 7.24. The van der Waals surface area contributed by atoms with Crippen LogP contribution in [0.1, 0.15) is 27.6 Å². The summed E-state index contributed by atoms with van der Waals surface area (Å²) in [7, 11) is 0. The van der Waals surface area contributed by atoms with E-state index >= 15 is 0 Å². The third-order valence-electron chi connectivity index (χ3n) is 5.61. The van der Waals surface area contributed by atoms with Gasteiger partial charge in [-0.3, -0.25) is 4.79 Å². The van der Waals surface area contributed by atoms with Crippen molar-refractivity contribution in [1.29, 1.82) is 0 Å². The van der Waals surface area contributed by atoms with E-state index in [-0.39, 0.29) is 5.91 Å². The summed E-state index contributed by atoms with van der Waals surface area (Å²) >= 11 is 6.32. The molecule has 5 aromatic rings. The average molecular weight is 497 g/mol. The molecule has 0 unspecified atom stereocenters. The van der Waals surface area contributed by atoms with E-state index in [4.69, 9.17) is 25.7 Å². The fraction of sp³-hybridized carbons (Fsp3) is 0.0690. The van der Waals surface area contributed by atoms with Crippen molar-refractivity contribution < 1.29 is 18.7 Å². The molecule has 7 heteroatoms. The van der Waals surface area contributed by atoms with Gasteiger partial charge in [-0.15, -0.1) is 0 Å². The quantitative estimate of drug-likeness (QED) is 0.250. The fourth-order valence-corrected chi connectivity index (χ4v) is 4.10. The van der Waals surface area contributed by atoms with Crippen LogP contribution in [0, 0.1) is 0 Å². The maximum Gasteiger partial charge on any atom is 0.338 e. The molecule has 3 aromatic carbocycles. The van der Waals surface area contributed by atoms with Gasteiger partial charge in [0.2, 0.25) is 0 Å². The summed E-state index contributed by atoms with van der Waals surface area (Å²) in [6.45, 7) is 2.05. The van der Waals surface area contributed by atoms with E-state index in [2.05, 4.69) is 5.32 Å². The highest BCUT2D eigenvalue weighted by molar-refractivity contribution is 6.33. The fourth-order valence-electron chi connectivity index (χ4n) is 3.87. The maximum absolute atomic E-state index is 13.3. The molecule has 0 atom stereocenters. The van der Waals surface area contributed by atoms with E-state index in [1.165, 1.54) is 0 Å². The maximum atomic E-state index is 13.3. The number of nitrogens with one attached hydrogen (secondary N) is 1. The number of furan rings is 1. The molecule has 36 heavy (non-hydrogen) atoms. The molecule has 2 heterocycles. The van der Waals surface area contributed by atoms with Gasteiger partial charge >= 0.3 is 5.97 Å². The van der Waals surface area contributed by atoms with E-state index < -0.39 is 5.97 Å². The minimum atomic E-state index is -0.408. The monoisotopic (exact) mass is 496 g/mol. The number of para-hydroxylation sites is 1. The number of hydrogen-bond acceptors (Lipinski definition) is 5. The van der Waals surface area contributed by atoms with Crippen LogP contribution in [-0.4, -0.2) is 23.5 Å². The summed E-state index contributed by atoms with van der Waals surface area (Å²) in [5.74, 6) is 0.410. The van der Waals surface area contributed by atoms with Crippen molar-refractivity contribution in [3.8, 4) is 22.8 Å². The van der Waals surface area contributed by atoms with E-state index in [0.29, 0.717) is 56.6 Å². The summed E-state index contributed by atoms with van der Waals surface area (Å²) in [5, 5.41) is 4.19. The van der Waals surface area contributed by atoms with Gasteiger partial charge in [-0.2, -0.15) is 0 Å². The van der Waals surface area contributed by atoms with E-state index in [1.807, 2.05) is 54.6 Å². The number of halogens is 1. The lowest BCUT2D eigenvalue weighted by Gasteiger charge is -2.10. The van der Waals surface area contributed by atoms with Crippen molar-refractivity contribution in [1.82, 2.24) is 4.98 Å². The Bertz CT molecular complexity index is 1570. The molecule has 0 saturated heterocycles. The Hall–Kier alpha value is -4.42. The number of amides is 1. The number of carbonyl (C=O) groups excluding carboxylic acids is 2. The SMILES string of the molecule is CCOC(=O)c1ccc(NC(=O)c2cc(-c3ccc(-c4ccccc4Cl)o3)nc3ccccc23)cc1. The molecule has 0 bridgehead atoms. The molecule has 0 saturated carbocycles. The summed E-state index contributed by atoms with van der Waals surface area (Å²) in [4.78, 5) is 29.9. The smallest absolute Gasteiger partial charge is 0.338 e. The number of carbonyl (C=O) groups is 2.